The SMILES string of the molecule is C=C(C)c1ccc2c3c(N)cc4c5c(ccc(c6c(C)cc(C(=C)C)c1c26)c53)C(=C)NC4=C. The van der Waals surface area contributed by atoms with Crippen LogP contribution in [0.4, 0.5) is 5.69 Å². The van der Waals surface area contributed by atoms with Crippen molar-refractivity contribution in [3.8, 4) is 0 Å². The lowest BCUT2D eigenvalue weighted by atomic mass is 9.80. The Morgan fingerprint density at radius 1 is 0.697 bits per heavy atom. The first kappa shape index (κ1) is 19.6. The van der Waals surface area contributed by atoms with Crippen LogP contribution in [0, 0.1) is 6.92 Å². The van der Waals surface area contributed by atoms with Crippen LogP contribution < -0.4 is 11.1 Å². The minimum atomic E-state index is 0.764. The van der Waals surface area contributed by atoms with Crippen molar-refractivity contribution in [2.45, 2.75) is 20.8 Å². The van der Waals surface area contributed by atoms with Gasteiger partial charge in [0.15, 0.2) is 0 Å². The highest BCUT2D eigenvalue weighted by molar-refractivity contribution is 6.38. The molecule has 0 spiro atoms. The molecule has 1 aliphatic rings. The van der Waals surface area contributed by atoms with Crippen LogP contribution in [-0.4, -0.2) is 0 Å². The van der Waals surface area contributed by atoms with E-state index in [-0.39, 0.29) is 0 Å². The van der Waals surface area contributed by atoms with Crippen molar-refractivity contribution >= 4 is 71.3 Å². The maximum atomic E-state index is 6.79. The van der Waals surface area contributed by atoms with Gasteiger partial charge >= 0.3 is 0 Å². The second-order valence-electron chi connectivity index (χ2n) is 9.47. The van der Waals surface area contributed by atoms with Gasteiger partial charge in [-0.1, -0.05) is 67.8 Å². The van der Waals surface area contributed by atoms with Crippen molar-refractivity contribution in [2.24, 2.45) is 0 Å². The summed E-state index contributed by atoms with van der Waals surface area (Å²) in [4.78, 5) is 0. The first-order valence-electron chi connectivity index (χ1n) is 11.2. The van der Waals surface area contributed by atoms with Crippen molar-refractivity contribution in [2.75, 3.05) is 5.73 Å². The third-order valence-corrected chi connectivity index (χ3v) is 7.20. The Bertz CT molecular complexity index is 1780. The Hall–Kier alpha value is -4.04. The lowest BCUT2D eigenvalue weighted by molar-refractivity contribution is 1.24. The number of rotatable bonds is 2. The summed E-state index contributed by atoms with van der Waals surface area (Å²) in [7, 11) is 0. The molecule has 0 unspecified atom stereocenters. The summed E-state index contributed by atoms with van der Waals surface area (Å²) in [5, 5.41) is 12.9. The molecule has 0 aliphatic carbocycles. The molecular weight excluding hydrogens is 400 g/mol. The number of benzene rings is 5. The van der Waals surface area contributed by atoms with E-state index in [2.05, 4.69) is 88.8 Å². The number of nitrogen functional groups attached to an aromatic ring is 1. The number of fused-ring (bicyclic) bond motifs is 2. The van der Waals surface area contributed by atoms with E-state index in [0.717, 1.165) is 50.3 Å². The molecule has 0 radical (unpaired) electrons. The third kappa shape index (κ3) is 2.33. The number of nitrogens with one attached hydrogen (secondary N) is 1. The van der Waals surface area contributed by atoms with Gasteiger partial charge in [0.25, 0.3) is 0 Å². The summed E-state index contributed by atoms with van der Waals surface area (Å²) < 4.78 is 0. The molecule has 2 nitrogen and oxygen atoms in total. The molecule has 1 aliphatic heterocycles. The first-order valence-corrected chi connectivity index (χ1v) is 11.2. The fraction of sp³-hybridized carbons (Fsp3) is 0.0968. The number of allylic oxidation sites excluding steroid dienone is 2. The average molecular weight is 427 g/mol. The van der Waals surface area contributed by atoms with Gasteiger partial charge in [0.05, 0.1) is 0 Å². The van der Waals surface area contributed by atoms with Crippen molar-refractivity contribution in [1.29, 1.82) is 0 Å². The fourth-order valence-electron chi connectivity index (χ4n) is 5.84. The highest BCUT2D eigenvalue weighted by atomic mass is 14.9. The van der Waals surface area contributed by atoms with Crippen molar-refractivity contribution in [3.63, 3.8) is 0 Å². The van der Waals surface area contributed by atoms with Crippen LogP contribution in [0.3, 0.4) is 0 Å². The predicted octanol–water partition coefficient (Wildman–Crippen LogP) is 8.24. The minimum Gasteiger partial charge on any atom is -0.398 e. The summed E-state index contributed by atoms with van der Waals surface area (Å²) >= 11 is 0. The van der Waals surface area contributed by atoms with Crippen LogP contribution in [0.15, 0.2) is 62.7 Å². The van der Waals surface area contributed by atoms with Crippen LogP contribution in [0.5, 0.6) is 0 Å². The Morgan fingerprint density at radius 2 is 1.30 bits per heavy atom. The fourth-order valence-corrected chi connectivity index (χ4v) is 5.84. The Morgan fingerprint density at radius 3 is 2.00 bits per heavy atom. The molecule has 160 valence electrons. The van der Waals surface area contributed by atoms with Gasteiger partial charge in [-0.05, 0) is 70.5 Å². The average Bonchev–Trinajstić information content (AvgIpc) is 2.76. The van der Waals surface area contributed by atoms with E-state index in [9.17, 15) is 0 Å². The maximum Gasteiger partial charge on any atom is 0.0407 e. The van der Waals surface area contributed by atoms with E-state index in [1.807, 2.05) is 0 Å². The van der Waals surface area contributed by atoms with Gasteiger partial charge in [0, 0.05) is 44.4 Å². The van der Waals surface area contributed by atoms with Crippen molar-refractivity contribution < 1.29 is 0 Å². The van der Waals surface area contributed by atoms with E-state index in [4.69, 9.17) is 5.73 Å². The largest absolute Gasteiger partial charge is 0.398 e. The molecule has 33 heavy (non-hydrogen) atoms. The van der Waals surface area contributed by atoms with Crippen LogP contribution >= 0.6 is 0 Å². The topological polar surface area (TPSA) is 38.0 Å². The van der Waals surface area contributed by atoms with Gasteiger partial charge in [-0.25, -0.2) is 0 Å². The van der Waals surface area contributed by atoms with Gasteiger partial charge < -0.3 is 11.1 Å². The Labute approximate surface area is 193 Å². The van der Waals surface area contributed by atoms with E-state index in [0.29, 0.717) is 0 Å². The quantitative estimate of drug-likeness (QED) is 0.169. The smallest absolute Gasteiger partial charge is 0.0407 e. The number of hydrogen-bond donors (Lipinski definition) is 2. The monoisotopic (exact) mass is 426 g/mol. The van der Waals surface area contributed by atoms with E-state index >= 15 is 0 Å². The zero-order valence-corrected chi connectivity index (χ0v) is 19.4. The van der Waals surface area contributed by atoms with Gasteiger partial charge in [-0.15, -0.1) is 0 Å². The van der Waals surface area contributed by atoms with Gasteiger partial charge in [-0.2, -0.15) is 0 Å². The normalized spacial score (nSPS) is 13.4. The molecule has 5 aromatic carbocycles. The molecule has 0 amide bonds. The highest BCUT2D eigenvalue weighted by Gasteiger charge is 2.26. The standard InChI is InChI=1S/C31H26N2/c1-14(2)19-8-10-22-29-25(32)13-24-18(7)33-17(6)20-9-11-21(31(29)28(20)24)26-16(5)12-23(15(3)4)27(19)30(22)26/h8-13,33H,1,3,6-7,32H2,2,4-5H3. The predicted molar refractivity (Wildman–Crippen MR) is 147 cm³/mol. The zero-order chi connectivity index (χ0) is 23.3. The summed E-state index contributed by atoms with van der Waals surface area (Å²) in [6.07, 6.45) is 0. The van der Waals surface area contributed by atoms with E-state index in [1.54, 1.807) is 0 Å². The summed E-state index contributed by atoms with van der Waals surface area (Å²) in [5.41, 5.74) is 17.1. The summed E-state index contributed by atoms with van der Waals surface area (Å²) in [5.74, 6) is 0. The van der Waals surface area contributed by atoms with Crippen LogP contribution in [0.1, 0.15) is 41.7 Å². The van der Waals surface area contributed by atoms with Gasteiger partial charge in [-0.3, -0.25) is 0 Å². The molecule has 3 N–H and O–H groups in total. The molecule has 0 atom stereocenters. The van der Waals surface area contributed by atoms with Gasteiger partial charge in [0.2, 0.25) is 0 Å². The van der Waals surface area contributed by atoms with Crippen LogP contribution in [0.2, 0.25) is 0 Å². The molecule has 5 aromatic rings. The lowest BCUT2D eigenvalue weighted by Crippen LogP contribution is -2.16. The second-order valence-corrected chi connectivity index (χ2v) is 9.47. The summed E-state index contributed by atoms with van der Waals surface area (Å²) in [6.45, 7) is 23.4. The molecule has 0 fully saturated rings. The number of aryl methyl sites for hydroxylation is 1. The number of nitrogens with two attached hydrogens (primary N) is 1. The molecule has 6 rings (SSSR count). The zero-order valence-electron chi connectivity index (χ0n) is 19.4. The Kier molecular flexibility index (Phi) is 3.73. The minimum absolute atomic E-state index is 0.764. The number of anilines is 1. The molecule has 0 aromatic heterocycles. The van der Waals surface area contributed by atoms with Crippen LogP contribution in [0.25, 0.3) is 65.6 Å². The summed E-state index contributed by atoms with van der Waals surface area (Å²) in [6, 6.07) is 13.1. The van der Waals surface area contributed by atoms with Crippen molar-refractivity contribution in [1.82, 2.24) is 5.32 Å². The molecule has 1 heterocycles. The molecule has 0 saturated heterocycles. The third-order valence-electron chi connectivity index (χ3n) is 7.20. The maximum absolute atomic E-state index is 6.79. The van der Waals surface area contributed by atoms with E-state index in [1.165, 1.54) is 48.8 Å². The molecular formula is C31H26N2. The Balaban J connectivity index is 2.03. The molecule has 0 saturated carbocycles. The molecule has 2 heteroatoms. The van der Waals surface area contributed by atoms with Crippen LogP contribution in [-0.2, 0) is 0 Å². The van der Waals surface area contributed by atoms with Crippen molar-refractivity contribution in [3.05, 3.63) is 90.5 Å². The lowest BCUT2D eigenvalue weighted by Gasteiger charge is -2.27. The number of hydrogen-bond acceptors (Lipinski definition) is 2. The first-order chi connectivity index (χ1) is 15.7. The highest BCUT2D eigenvalue weighted by Crippen LogP contribution is 2.50. The van der Waals surface area contributed by atoms with Gasteiger partial charge in [0.1, 0.15) is 0 Å². The molecule has 0 bridgehead atoms. The second kappa shape index (κ2) is 6.26. The van der Waals surface area contributed by atoms with E-state index < -0.39 is 0 Å².